The van der Waals surface area contributed by atoms with Crippen LogP contribution in [0.2, 0.25) is 0 Å². The summed E-state index contributed by atoms with van der Waals surface area (Å²) in [6.45, 7) is 2.37. The lowest BCUT2D eigenvalue weighted by molar-refractivity contribution is -0.112. The number of ether oxygens (including phenoxy) is 1. The normalized spacial score (nSPS) is 11.1. The van der Waals surface area contributed by atoms with E-state index in [1.807, 2.05) is 31.2 Å². The van der Waals surface area contributed by atoms with Gasteiger partial charge in [-0.2, -0.15) is 5.26 Å². The first kappa shape index (κ1) is 21.8. The number of carbonyl (C=O) groups excluding carboxylic acids is 1. The Labute approximate surface area is 191 Å². The molecular weight excluding hydrogens is 415 g/mol. The topological polar surface area (TPSA) is 62.1 Å². The van der Waals surface area contributed by atoms with Gasteiger partial charge in [0, 0.05) is 11.1 Å². The van der Waals surface area contributed by atoms with Crippen molar-refractivity contribution in [1.29, 1.82) is 5.26 Å². The molecule has 0 bridgehead atoms. The molecule has 0 aromatic heterocycles. The standard InChI is InChI=1S/C28H21FN2O2/c1-19-14-15-20-8-2-4-10-23(20)24(19)18-33-27-13-7-3-9-21(27)16-22(17-30)28(32)31-26-12-6-5-11-25(26)29/h2-16H,18H2,1H3,(H,31,32)/b22-16+. The third-order valence-electron chi connectivity index (χ3n) is 5.35. The van der Waals surface area contributed by atoms with Gasteiger partial charge in [0.15, 0.2) is 0 Å². The molecule has 0 aliphatic heterocycles. The number of nitrogens with one attached hydrogen (secondary N) is 1. The Bertz CT molecular complexity index is 1400. The quantitative estimate of drug-likeness (QED) is 0.281. The maximum Gasteiger partial charge on any atom is 0.266 e. The van der Waals surface area contributed by atoms with Crippen LogP contribution in [0.15, 0.2) is 90.5 Å². The van der Waals surface area contributed by atoms with Crippen LogP contribution in [0.4, 0.5) is 10.1 Å². The second-order valence-corrected chi connectivity index (χ2v) is 7.51. The van der Waals surface area contributed by atoms with Crippen LogP contribution in [0.25, 0.3) is 16.8 Å². The van der Waals surface area contributed by atoms with Crippen LogP contribution in [0.1, 0.15) is 16.7 Å². The van der Waals surface area contributed by atoms with Gasteiger partial charge in [0.1, 0.15) is 29.8 Å². The van der Waals surface area contributed by atoms with E-state index in [2.05, 4.69) is 29.6 Å². The fraction of sp³-hybridized carbons (Fsp3) is 0.0714. The number of nitriles is 1. The molecule has 0 radical (unpaired) electrons. The van der Waals surface area contributed by atoms with Crippen LogP contribution in [-0.4, -0.2) is 5.91 Å². The van der Waals surface area contributed by atoms with E-state index in [1.165, 1.54) is 24.3 Å². The predicted molar refractivity (Wildman–Crippen MR) is 128 cm³/mol. The highest BCUT2D eigenvalue weighted by molar-refractivity contribution is 6.09. The minimum atomic E-state index is -0.692. The number of anilines is 1. The van der Waals surface area contributed by atoms with Crippen molar-refractivity contribution in [3.05, 3.63) is 113 Å². The van der Waals surface area contributed by atoms with Gasteiger partial charge in [-0.3, -0.25) is 4.79 Å². The molecular formula is C28H21FN2O2. The minimum Gasteiger partial charge on any atom is -0.488 e. The number of carbonyl (C=O) groups is 1. The summed E-state index contributed by atoms with van der Waals surface area (Å²) in [5, 5.41) is 14.2. The fourth-order valence-corrected chi connectivity index (χ4v) is 3.57. The summed E-state index contributed by atoms with van der Waals surface area (Å²) < 4.78 is 20.0. The number of fused-ring (bicyclic) bond motifs is 1. The van der Waals surface area contributed by atoms with Gasteiger partial charge in [-0.1, -0.05) is 66.7 Å². The monoisotopic (exact) mass is 436 g/mol. The molecule has 0 saturated heterocycles. The van der Waals surface area contributed by atoms with Crippen LogP contribution in [-0.2, 0) is 11.4 Å². The highest BCUT2D eigenvalue weighted by Gasteiger charge is 2.14. The molecule has 0 saturated carbocycles. The van der Waals surface area contributed by atoms with E-state index in [0.717, 1.165) is 21.9 Å². The van der Waals surface area contributed by atoms with Crippen LogP contribution >= 0.6 is 0 Å². The molecule has 4 aromatic carbocycles. The van der Waals surface area contributed by atoms with Gasteiger partial charge in [0.2, 0.25) is 0 Å². The maximum atomic E-state index is 13.9. The summed E-state index contributed by atoms with van der Waals surface area (Å²) in [5.41, 5.74) is 2.62. The molecule has 0 unspecified atom stereocenters. The first-order valence-electron chi connectivity index (χ1n) is 10.4. The van der Waals surface area contributed by atoms with Crippen LogP contribution in [0, 0.1) is 24.1 Å². The Morgan fingerprint density at radius 2 is 1.73 bits per heavy atom. The van der Waals surface area contributed by atoms with Crippen LogP contribution < -0.4 is 10.1 Å². The van der Waals surface area contributed by atoms with Crippen LogP contribution in [0.3, 0.4) is 0 Å². The molecule has 0 fully saturated rings. The predicted octanol–water partition coefficient (Wildman–Crippen LogP) is 6.41. The summed E-state index contributed by atoms with van der Waals surface area (Å²) >= 11 is 0. The zero-order valence-electron chi connectivity index (χ0n) is 18.0. The third-order valence-corrected chi connectivity index (χ3v) is 5.35. The van der Waals surface area contributed by atoms with Crippen molar-refractivity contribution < 1.29 is 13.9 Å². The molecule has 0 spiro atoms. The molecule has 5 heteroatoms. The summed E-state index contributed by atoms with van der Waals surface area (Å²) in [6.07, 6.45) is 1.45. The van der Waals surface area contributed by atoms with Gasteiger partial charge in [0.25, 0.3) is 5.91 Å². The van der Waals surface area contributed by atoms with Crippen molar-refractivity contribution in [2.45, 2.75) is 13.5 Å². The second kappa shape index (κ2) is 9.80. The number of halogens is 1. The van der Waals surface area contributed by atoms with E-state index < -0.39 is 11.7 Å². The number of amides is 1. The van der Waals surface area contributed by atoms with E-state index in [-0.39, 0.29) is 11.3 Å². The number of benzene rings is 4. The third kappa shape index (κ3) is 4.91. The van der Waals surface area contributed by atoms with E-state index in [1.54, 1.807) is 24.3 Å². The van der Waals surface area contributed by atoms with Gasteiger partial charge >= 0.3 is 0 Å². The molecule has 33 heavy (non-hydrogen) atoms. The lowest BCUT2D eigenvalue weighted by atomic mass is 10.0. The van der Waals surface area contributed by atoms with Crippen molar-refractivity contribution >= 4 is 28.4 Å². The minimum absolute atomic E-state index is 0.0135. The van der Waals surface area contributed by atoms with Gasteiger partial charge < -0.3 is 10.1 Å². The second-order valence-electron chi connectivity index (χ2n) is 7.51. The molecule has 162 valence electrons. The zero-order valence-corrected chi connectivity index (χ0v) is 18.0. The van der Waals surface area contributed by atoms with Gasteiger partial charge in [0.05, 0.1) is 5.69 Å². The van der Waals surface area contributed by atoms with Crippen molar-refractivity contribution in [3.63, 3.8) is 0 Å². The van der Waals surface area contributed by atoms with E-state index in [4.69, 9.17) is 4.74 Å². The Hall–Kier alpha value is -4.43. The SMILES string of the molecule is Cc1ccc2ccccc2c1COc1ccccc1/C=C(\C#N)C(=O)Nc1ccccc1F. The molecule has 4 aromatic rings. The molecule has 4 rings (SSSR count). The zero-order chi connectivity index (χ0) is 23.2. The van der Waals surface area contributed by atoms with Crippen molar-refractivity contribution in [2.24, 2.45) is 0 Å². The van der Waals surface area contributed by atoms with Gasteiger partial charge in [-0.05, 0) is 47.5 Å². The fourth-order valence-electron chi connectivity index (χ4n) is 3.57. The van der Waals surface area contributed by atoms with Gasteiger partial charge in [-0.25, -0.2) is 4.39 Å². The number of nitrogens with zero attached hydrogens (tertiary/aromatic N) is 1. The first-order valence-corrected chi connectivity index (χ1v) is 10.4. The maximum absolute atomic E-state index is 13.9. The lowest BCUT2D eigenvalue weighted by Crippen LogP contribution is -2.14. The average molecular weight is 436 g/mol. The molecule has 4 nitrogen and oxygen atoms in total. The first-order chi connectivity index (χ1) is 16.1. The number of aryl methyl sites for hydroxylation is 1. The number of rotatable bonds is 6. The molecule has 0 heterocycles. The molecule has 0 aliphatic carbocycles. The van der Waals surface area contributed by atoms with Crippen LogP contribution in [0.5, 0.6) is 5.75 Å². The summed E-state index contributed by atoms with van der Waals surface area (Å²) in [6, 6.07) is 27.1. The summed E-state index contributed by atoms with van der Waals surface area (Å²) in [4.78, 5) is 12.6. The molecule has 0 aliphatic rings. The average Bonchev–Trinajstić information content (AvgIpc) is 2.84. The van der Waals surface area contributed by atoms with E-state index >= 15 is 0 Å². The lowest BCUT2D eigenvalue weighted by Gasteiger charge is -2.14. The van der Waals surface area contributed by atoms with Gasteiger partial charge in [-0.15, -0.1) is 0 Å². The molecule has 1 amide bonds. The largest absolute Gasteiger partial charge is 0.488 e. The Morgan fingerprint density at radius 3 is 2.55 bits per heavy atom. The summed E-state index contributed by atoms with van der Waals surface area (Å²) in [7, 11) is 0. The number of hydrogen-bond acceptors (Lipinski definition) is 3. The highest BCUT2D eigenvalue weighted by Crippen LogP contribution is 2.27. The summed E-state index contributed by atoms with van der Waals surface area (Å²) in [5.74, 6) is -0.726. The van der Waals surface area contributed by atoms with E-state index in [9.17, 15) is 14.4 Å². The Morgan fingerprint density at radius 1 is 1.00 bits per heavy atom. The van der Waals surface area contributed by atoms with E-state index in [0.29, 0.717) is 17.9 Å². The smallest absolute Gasteiger partial charge is 0.266 e. The molecule has 0 atom stereocenters. The Kier molecular flexibility index (Phi) is 6.47. The highest BCUT2D eigenvalue weighted by atomic mass is 19.1. The van der Waals surface area contributed by atoms with Crippen molar-refractivity contribution in [1.82, 2.24) is 0 Å². The number of para-hydroxylation sites is 2. The Balaban J connectivity index is 1.59. The van der Waals surface area contributed by atoms with Crippen molar-refractivity contribution in [3.8, 4) is 11.8 Å². The molecule has 1 N–H and O–H groups in total. The van der Waals surface area contributed by atoms with Crippen molar-refractivity contribution in [2.75, 3.05) is 5.32 Å². The number of hydrogen-bond donors (Lipinski definition) is 1.